The maximum Gasteiger partial charge on any atom is 0.0541 e. The molecule has 0 saturated heterocycles. The van der Waals surface area contributed by atoms with Gasteiger partial charge in [-0.3, -0.25) is 0 Å². The first-order chi connectivity index (χ1) is 23.9. The second-order valence-electron chi connectivity index (χ2n) is 13.5. The van der Waals surface area contributed by atoms with Crippen LogP contribution in [0, 0.1) is 27.7 Å². The number of rotatable bonds is 5. The van der Waals surface area contributed by atoms with Crippen molar-refractivity contribution in [1.29, 1.82) is 0 Å². The average Bonchev–Trinajstić information content (AvgIpc) is 3.60. The number of fused-ring (bicyclic) bond motifs is 6. The van der Waals surface area contributed by atoms with Gasteiger partial charge in [0, 0.05) is 50.0 Å². The highest BCUT2D eigenvalue weighted by atomic mass is 15.1. The number of anilines is 3. The van der Waals surface area contributed by atoms with Gasteiger partial charge in [0.25, 0.3) is 0 Å². The number of para-hydroxylation sites is 1. The number of hydrogen-bond acceptors (Lipinski definition) is 1. The third-order valence-electron chi connectivity index (χ3n) is 9.90. The summed E-state index contributed by atoms with van der Waals surface area (Å²) in [7, 11) is 0. The van der Waals surface area contributed by atoms with Crippen molar-refractivity contribution in [1.82, 2.24) is 9.13 Å². The highest BCUT2D eigenvalue weighted by Gasteiger charge is 2.17. The van der Waals surface area contributed by atoms with Crippen molar-refractivity contribution in [2.75, 3.05) is 4.90 Å². The van der Waals surface area contributed by atoms with Gasteiger partial charge in [0.1, 0.15) is 0 Å². The molecule has 0 spiro atoms. The second kappa shape index (κ2) is 11.3. The Morgan fingerprint density at radius 1 is 0.327 bits per heavy atom. The molecule has 2 heterocycles. The SMILES string of the molecule is Cc1ccc2c(c1)c1cc(C)ccc1n2-c1ccc(N(c2ccccc2)c2ccc(-n3c4ccc(C)cc4c4cc(C)ccc43)cc2)cc1. The highest BCUT2D eigenvalue weighted by Crippen LogP contribution is 2.39. The molecule has 49 heavy (non-hydrogen) atoms. The monoisotopic (exact) mass is 631 g/mol. The van der Waals surface area contributed by atoms with Crippen molar-refractivity contribution < 1.29 is 0 Å². The van der Waals surface area contributed by atoms with Gasteiger partial charge in [0.05, 0.1) is 22.1 Å². The quantitative estimate of drug-likeness (QED) is 0.184. The molecule has 0 radical (unpaired) electrons. The first-order valence-electron chi connectivity index (χ1n) is 17.0. The van der Waals surface area contributed by atoms with E-state index in [1.165, 1.54) is 65.9 Å². The van der Waals surface area contributed by atoms with Crippen LogP contribution in [0.3, 0.4) is 0 Å². The van der Waals surface area contributed by atoms with Crippen LogP contribution in [0.5, 0.6) is 0 Å². The van der Waals surface area contributed by atoms with Gasteiger partial charge in [-0.25, -0.2) is 0 Å². The Kier molecular flexibility index (Phi) is 6.70. The lowest BCUT2D eigenvalue weighted by atomic mass is 10.1. The molecule has 0 bridgehead atoms. The predicted molar refractivity (Wildman–Crippen MR) is 209 cm³/mol. The van der Waals surface area contributed by atoms with Gasteiger partial charge in [-0.05, 0) is 137 Å². The van der Waals surface area contributed by atoms with E-state index in [4.69, 9.17) is 0 Å². The molecule has 3 nitrogen and oxygen atoms in total. The molecule has 0 amide bonds. The van der Waals surface area contributed by atoms with E-state index in [0.29, 0.717) is 0 Å². The minimum absolute atomic E-state index is 1.11. The van der Waals surface area contributed by atoms with Gasteiger partial charge in [0.15, 0.2) is 0 Å². The molecule has 0 saturated carbocycles. The molecular formula is C46H37N3. The van der Waals surface area contributed by atoms with Crippen molar-refractivity contribution in [3.8, 4) is 11.4 Å². The standard InChI is InChI=1S/C46H37N3/c1-30-10-22-43-39(26-30)40-27-31(2)11-23-44(40)48(43)37-18-14-35(15-19-37)47(34-8-6-5-7-9-34)36-16-20-38(21-17-36)49-45-24-12-32(3)28-41(45)42-29-33(4)13-25-46(42)49/h5-29H,1-4H3. The molecular weight excluding hydrogens is 595 g/mol. The highest BCUT2D eigenvalue weighted by molar-refractivity contribution is 6.10. The van der Waals surface area contributed by atoms with Crippen LogP contribution in [0.1, 0.15) is 22.3 Å². The van der Waals surface area contributed by atoms with Crippen LogP contribution in [0.15, 0.2) is 152 Å². The lowest BCUT2D eigenvalue weighted by molar-refractivity contribution is 1.16. The van der Waals surface area contributed by atoms with E-state index >= 15 is 0 Å². The smallest absolute Gasteiger partial charge is 0.0541 e. The van der Waals surface area contributed by atoms with E-state index in [9.17, 15) is 0 Å². The first-order valence-corrected chi connectivity index (χ1v) is 17.0. The van der Waals surface area contributed by atoms with Gasteiger partial charge in [0.2, 0.25) is 0 Å². The summed E-state index contributed by atoms with van der Waals surface area (Å²) in [6.07, 6.45) is 0. The van der Waals surface area contributed by atoms with E-state index in [2.05, 4.69) is 193 Å². The molecule has 9 rings (SSSR count). The number of aryl methyl sites for hydroxylation is 4. The Labute approximate surface area is 286 Å². The molecule has 9 aromatic rings. The third-order valence-corrected chi connectivity index (χ3v) is 9.90. The molecule has 236 valence electrons. The average molecular weight is 632 g/mol. The topological polar surface area (TPSA) is 13.1 Å². The van der Waals surface area contributed by atoms with Crippen molar-refractivity contribution in [2.45, 2.75) is 27.7 Å². The molecule has 0 atom stereocenters. The lowest BCUT2D eigenvalue weighted by Crippen LogP contribution is -2.10. The molecule has 0 N–H and O–H groups in total. The molecule has 0 aliphatic heterocycles. The number of aromatic nitrogens is 2. The van der Waals surface area contributed by atoms with Gasteiger partial charge in [-0.2, -0.15) is 0 Å². The summed E-state index contributed by atoms with van der Waals surface area (Å²) in [5, 5.41) is 5.18. The first kappa shape index (κ1) is 29.1. The maximum atomic E-state index is 2.39. The van der Waals surface area contributed by atoms with Gasteiger partial charge in [-0.15, -0.1) is 0 Å². The van der Waals surface area contributed by atoms with Crippen LogP contribution in [0.4, 0.5) is 17.1 Å². The van der Waals surface area contributed by atoms with Crippen molar-refractivity contribution in [3.63, 3.8) is 0 Å². The Morgan fingerprint density at radius 2 is 0.633 bits per heavy atom. The summed E-state index contributed by atoms with van der Waals surface area (Å²) < 4.78 is 4.79. The van der Waals surface area contributed by atoms with E-state index in [1.54, 1.807) is 0 Å². The van der Waals surface area contributed by atoms with Gasteiger partial charge in [-0.1, -0.05) is 64.7 Å². The summed E-state index contributed by atoms with van der Waals surface area (Å²) in [6, 6.07) is 55.7. The van der Waals surface area contributed by atoms with Gasteiger partial charge >= 0.3 is 0 Å². The summed E-state index contributed by atoms with van der Waals surface area (Å²) in [4.78, 5) is 2.34. The van der Waals surface area contributed by atoms with Crippen LogP contribution in [0.2, 0.25) is 0 Å². The molecule has 0 fully saturated rings. The molecule has 0 aliphatic carbocycles. The van der Waals surface area contributed by atoms with Crippen molar-refractivity contribution >= 4 is 60.7 Å². The lowest BCUT2D eigenvalue weighted by Gasteiger charge is -2.26. The molecule has 3 heteroatoms. The normalized spacial score (nSPS) is 11.7. The fourth-order valence-electron chi connectivity index (χ4n) is 7.58. The summed E-state index contributed by atoms with van der Waals surface area (Å²) in [6.45, 7) is 8.68. The fourth-order valence-corrected chi connectivity index (χ4v) is 7.58. The maximum absolute atomic E-state index is 2.39. The number of benzene rings is 7. The van der Waals surface area contributed by atoms with Crippen LogP contribution in [-0.2, 0) is 0 Å². The van der Waals surface area contributed by atoms with Crippen LogP contribution >= 0.6 is 0 Å². The number of hydrogen-bond donors (Lipinski definition) is 0. The molecule has 0 aliphatic rings. The summed E-state index contributed by atoms with van der Waals surface area (Å²) >= 11 is 0. The fraction of sp³-hybridized carbons (Fsp3) is 0.0870. The van der Waals surface area contributed by atoms with Crippen LogP contribution < -0.4 is 4.90 Å². The predicted octanol–water partition coefficient (Wildman–Crippen LogP) is 12.6. The van der Waals surface area contributed by atoms with Gasteiger partial charge < -0.3 is 14.0 Å². The van der Waals surface area contributed by atoms with E-state index in [0.717, 1.165) is 28.4 Å². The summed E-state index contributed by atoms with van der Waals surface area (Å²) in [5.74, 6) is 0. The Bertz CT molecular complexity index is 2390. The van der Waals surface area contributed by atoms with E-state index < -0.39 is 0 Å². The zero-order valence-electron chi connectivity index (χ0n) is 28.3. The Hall–Kier alpha value is -6.06. The number of nitrogens with zero attached hydrogens (tertiary/aromatic N) is 3. The zero-order valence-corrected chi connectivity index (χ0v) is 28.3. The van der Waals surface area contributed by atoms with E-state index in [1.807, 2.05) is 0 Å². The molecule has 7 aromatic carbocycles. The van der Waals surface area contributed by atoms with Crippen molar-refractivity contribution in [2.24, 2.45) is 0 Å². The molecule has 0 unspecified atom stereocenters. The zero-order chi connectivity index (χ0) is 33.2. The third kappa shape index (κ3) is 4.81. The molecule has 2 aromatic heterocycles. The van der Waals surface area contributed by atoms with Crippen LogP contribution in [0.25, 0.3) is 55.0 Å². The van der Waals surface area contributed by atoms with E-state index in [-0.39, 0.29) is 0 Å². The van der Waals surface area contributed by atoms with Crippen LogP contribution in [-0.4, -0.2) is 9.13 Å². The minimum atomic E-state index is 1.11. The second-order valence-corrected chi connectivity index (χ2v) is 13.5. The Balaban J connectivity index is 1.15. The minimum Gasteiger partial charge on any atom is -0.311 e. The van der Waals surface area contributed by atoms with Crippen molar-refractivity contribution in [3.05, 3.63) is 174 Å². The largest absolute Gasteiger partial charge is 0.311 e. The Morgan fingerprint density at radius 3 is 0.959 bits per heavy atom. The summed E-state index contributed by atoms with van der Waals surface area (Å²) in [5.41, 5.74) is 15.6.